The van der Waals surface area contributed by atoms with Crippen LogP contribution in [0.4, 0.5) is 5.82 Å². The molecule has 0 aliphatic heterocycles. The van der Waals surface area contributed by atoms with Gasteiger partial charge in [0, 0.05) is 4.38 Å². The average Bonchev–Trinajstić information content (AvgIpc) is 2.71. The first-order chi connectivity index (χ1) is 8.08. The number of hydrogen-bond acceptors (Lipinski definition) is 8. The van der Waals surface area contributed by atoms with Gasteiger partial charge in [0.05, 0.1) is 5.10 Å². The molecule has 10 heteroatoms. The van der Waals surface area contributed by atoms with E-state index in [9.17, 15) is 0 Å². The predicted octanol–water partition coefficient (Wildman–Crippen LogP) is -0.591. The van der Waals surface area contributed by atoms with Crippen LogP contribution < -0.4 is 57.1 Å². The Balaban J connectivity index is 0. The minimum Gasteiger partial charge on any atom is -0.747 e. The zero-order chi connectivity index (χ0) is 13.3. The molecule has 0 amide bonds. The molecular formula is C8H8KN5S4. The summed E-state index contributed by atoms with van der Waals surface area (Å²) in [7, 11) is 0. The number of nitriles is 1. The fraction of sp³-hybridized carbons (Fsp3) is 0.250. The molecule has 0 saturated heterocycles. The van der Waals surface area contributed by atoms with Crippen LogP contribution in [0, 0.1) is 17.9 Å². The van der Waals surface area contributed by atoms with Gasteiger partial charge in [-0.15, -0.1) is 16.7 Å². The van der Waals surface area contributed by atoms with Gasteiger partial charge in [-0.1, -0.05) is 23.1 Å². The molecule has 1 aromatic heterocycles. The topological polar surface area (TPSA) is 79.4 Å². The van der Waals surface area contributed by atoms with Crippen LogP contribution in [0.3, 0.4) is 0 Å². The summed E-state index contributed by atoms with van der Waals surface area (Å²) >= 11 is 8.66. The molecule has 0 bridgehead atoms. The third kappa shape index (κ3) is 8.69. The summed E-state index contributed by atoms with van der Waals surface area (Å²) in [5, 5.41) is 11.7. The largest absolute Gasteiger partial charge is 1.00 e. The minimum absolute atomic E-state index is 0. The Bertz CT molecular complexity index is 473. The monoisotopic (exact) mass is 341 g/mol. The molecule has 18 heavy (non-hydrogen) atoms. The van der Waals surface area contributed by atoms with Gasteiger partial charge in [-0.05, 0) is 12.5 Å². The van der Waals surface area contributed by atoms with Gasteiger partial charge in [0.15, 0.2) is 10.2 Å². The maximum Gasteiger partial charge on any atom is 1.00 e. The second kappa shape index (κ2) is 12.7. The molecule has 0 unspecified atom stereocenters. The van der Waals surface area contributed by atoms with Crippen molar-refractivity contribution in [2.24, 2.45) is 5.10 Å². The van der Waals surface area contributed by atoms with Crippen LogP contribution >= 0.6 is 34.9 Å². The van der Waals surface area contributed by atoms with Gasteiger partial charge in [-0.25, -0.2) is 4.98 Å². The summed E-state index contributed by atoms with van der Waals surface area (Å²) in [6, 6.07) is 1.97. The number of nitrogen functional groups attached to an aromatic ring is 1. The Hall–Kier alpha value is 0.636. The van der Waals surface area contributed by atoms with E-state index >= 15 is 0 Å². The molecule has 0 saturated carbocycles. The van der Waals surface area contributed by atoms with Gasteiger partial charge >= 0.3 is 51.4 Å². The minimum atomic E-state index is 0. The van der Waals surface area contributed by atoms with E-state index in [0.29, 0.717) is 15.1 Å². The Labute approximate surface area is 167 Å². The number of aromatic nitrogens is 1. The number of thiazole rings is 1. The standard InChI is InChI=1S/C5H5N3S2.C3H4N2S2.K/c1-9-5-8-4(7)3(2-6)10-5;1-4-5-3(6)7-2;/h7H2,1H3;2H3,(H,5,6);/q;;+1/p-1. The summed E-state index contributed by atoms with van der Waals surface area (Å²) in [5.41, 5.74) is 5.39. The van der Waals surface area contributed by atoms with Gasteiger partial charge in [-0.2, -0.15) is 11.8 Å². The first-order valence-corrected chi connectivity index (χ1v) is 7.62. The van der Waals surface area contributed by atoms with E-state index in [4.69, 9.17) is 17.6 Å². The molecule has 0 fully saturated rings. The molecule has 0 aromatic carbocycles. The van der Waals surface area contributed by atoms with Gasteiger partial charge in [0.2, 0.25) is 0 Å². The molecule has 1 heterocycles. The quantitative estimate of drug-likeness (QED) is 0.140. The summed E-state index contributed by atoms with van der Waals surface area (Å²) in [6.07, 6.45) is 3.69. The molecule has 0 radical (unpaired) electrons. The molecule has 90 valence electrons. The van der Waals surface area contributed by atoms with Crippen molar-refractivity contribution >= 4 is 57.7 Å². The Kier molecular flexibility index (Phi) is 14.7. The molecule has 1 rings (SSSR count). The number of anilines is 1. The van der Waals surface area contributed by atoms with E-state index in [1.165, 1.54) is 34.9 Å². The third-order valence-electron chi connectivity index (χ3n) is 1.22. The van der Waals surface area contributed by atoms with Crippen LogP contribution in [-0.4, -0.2) is 21.9 Å². The number of nitrogens with two attached hydrogens (primary N) is 1. The van der Waals surface area contributed by atoms with Crippen LogP contribution in [0.1, 0.15) is 4.88 Å². The SMILES string of the molecule is CSc1nc(N)c(C#N)s1.[C-]#[N+]/N=C(\[S-])SC.[K+]. The van der Waals surface area contributed by atoms with E-state index in [2.05, 4.69) is 27.7 Å². The fourth-order valence-corrected chi connectivity index (χ4v) is 2.01. The molecule has 0 atom stereocenters. The predicted molar refractivity (Wildman–Crippen MR) is 77.9 cm³/mol. The summed E-state index contributed by atoms with van der Waals surface area (Å²) in [6.45, 7) is 6.19. The van der Waals surface area contributed by atoms with Crippen LogP contribution in [0.2, 0.25) is 0 Å². The van der Waals surface area contributed by atoms with Crippen molar-refractivity contribution < 1.29 is 51.4 Å². The number of thioether (sulfide) groups is 2. The molecule has 2 N–H and O–H groups in total. The fourth-order valence-electron chi connectivity index (χ4n) is 0.561. The van der Waals surface area contributed by atoms with Crippen molar-refractivity contribution in [3.05, 3.63) is 16.4 Å². The van der Waals surface area contributed by atoms with E-state index in [1.54, 1.807) is 6.26 Å². The van der Waals surface area contributed by atoms with Crippen molar-refractivity contribution in [1.29, 1.82) is 5.26 Å². The molecule has 0 spiro atoms. The molecule has 0 aliphatic rings. The van der Waals surface area contributed by atoms with Crippen LogP contribution in [-0.2, 0) is 12.6 Å². The van der Waals surface area contributed by atoms with Crippen molar-refractivity contribution in [3.63, 3.8) is 0 Å². The summed E-state index contributed by atoms with van der Waals surface area (Å²) in [4.78, 5) is 7.16. The van der Waals surface area contributed by atoms with Crippen molar-refractivity contribution in [2.75, 3.05) is 18.2 Å². The number of hydrogen-bond donors (Lipinski definition) is 1. The van der Waals surface area contributed by atoms with Gasteiger partial charge in [0.25, 0.3) is 0 Å². The van der Waals surface area contributed by atoms with Crippen molar-refractivity contribution in [3.8, 4) is 6.07 Å². The molecular weight excluding hydrogens is 333 g/mol. The van der Waals surface area contributed by atoms with Crippen LogP contribution in [0.15, 0.2) is 9.44 Å². The van der Waals surface area contributed by atoms with Gasteiger partial charge in [-0.3, -0.25) is 0 Å². The first kappa shape index (κ1) is 20.9. The van der Waals surface area contributed by atoms with E-state index < -0.39 is 0 Å². The van der Waals surface area contributed by atoms with E-state index in [0.717, 1.165) is 4.34 Å². The maximum absolute atomic E-state index is 8.46. The second-order valence-corrected chi connectivity index (χ2v) is 5.67. The van der Waals surface area contributed by atoms with E-state index in [-0.39, 0.29) is 51.4 Å². The second-order valence-electron chi connectivity index (χ2n) is 2.18. The van der Waals surface area contributed by atoms with E-state index in [1.807, 2.05) is 12.3 Å². The number of rotatable bonds is 1. The molecule has 0 aliphatic carbocycles. The Morgan fingerprint density at radius 1 is 1.67 bits per heavy atom. The van der Waals surface area contributed by atoms with Gasteiger partial charge in [0.1, 0.15) is 10.9 Å². The molecule has 5 nitrogen and oxygen atoms in total. The van der Waals surface area contributed by atoms with Crippen molar-refractivity contribution in [2.45, 2.75) is 4.34 Å². The Morgan fingerprint density at radius 2 is 2.28 bits per heavy atom. The third-order valence-corrected chi connectivity index (χ3v) is 4.19. The van der Waals surface area contributed by atoms with Gasteiger partial charge < -0.3 is 18.4 Å². The Morgan fingerprint density at radius 3 is 2.50 bits per heavy atom. The van der Waals surface area contributed by atoms with Crippen LogP contribution in [0.5, 0.6) is 0 Å². The molecule has 1 aromatic rings. The normalized spacial score (nSPS) is 9.22. The van der Waals surface area contributed by atoms with Crippen molar-refractivity contribution in [1.82, 2.24) is 4.98 Å². The number of nitrogens with zero attached hydrogens (tertiary/aromatic N) is 4. The maximum atomic E-state index is 8.46. The zero-order valence-corrected chi connectivity index (χ0v) is 16.4. The smallest absolute Gasteiger partial charge is 0.747 e. The summed E-state index contributed by atoms with van der Waals surface area (Å²) in [5.74, 6) is 0.344. The average molecular weight is 342 g/mol. The summed E-state index contributed by atoms with van der Waals surface area (Å²) < 4.78 is 1.24. The zero-order valence-electron chi connectivity index (χ0n) is 10.00. The first-order valence-electron chi connectivity index (χ1n) is 3.94. The van der Waals surface area contributed by atoms with Crippen LogP contribution in [0.25, 0.3) is 4.95 Å².